The predicted molar refractivity (Wildman–Crippen MR) is 118 cm³/mol. The summed E-state index contributed by atoms with van der Waals surface area (Å²) in [5.74, 6) is 3.61. The lowest BCUT2D eigenvalue weighted by Crippen LogP contribution is -2.51. The first-order valence-electron chi connectivity index (χ1n) is 11.5. The number of fused-ring (bicyclic) bond motifs is 1. The molecule has 2 aromatic heterocycles. The van der Waals surface area contributed by atoms with E-state index in [1.165, 1.54) is 29.9 Å². The van der Waals surface area contributed by atoms with Crippen LogP contribution < -0.4 is 15.6 Å². The smallest absolute Gasteiger partial charge is 0.287 e. The number of ether oxygens (including phenoxy) is 1. The van der Waals surface area contributed by atoms with Crippen LogP contribution in [0.15, 0.2) is 45.7 Å². The van der Waals surface area contributed by atoms with E-state index < -0.39 is 0 Å². The standard InChI is InChI=1S/C25H27N3O4/c1-15-5-22-26-20(10-23(29)28(22)32-15)14-31-21-4-2-3-19(9-21)27-24(30)25-11-16-6-17(12-25)8-18(7-16)13-25/h2-5,9-10,16-18H,6-8,11-14H2,1H3,(H,27,30). The van der Waals surface area contributed by atoms with Crippen LogP contribution in [0.2, 0.25) is 0 Å². The third kappa shape index (κ3) is 3.40. The Morgan fingerprint density at radius 2 is 1.88 bits per heavy atom. The number of nitrogens with zero attached hydrogens (tertiary/aromatic N) is 2. The molecule has 7 rings (SSSR count). The second-order valence-electron chi connectivity index (χ2n) is 10.1. The summed E-state index contributed by atoms with van der Waals surface area (Å²) < 4.78 is 12.4. The summed E-state index contributed by atoms with van der Waals surface area (Å²) in [7, 11) is 0. The van der Waals surface area contributed by atoms with Crippen LogP contribution in [-0.4, -0.2) is 15.5 Å². The first-order valence-corrected chi connectivity index (χ1v) is 11.5. The van der Waals surface area contributed by atoms with Crippen molar-refractivity contribution >= 4 is 17.2 Å². The Labute approximate surface area is 185 Å². The van der Waals surface area contributed by atoms with Gasteiger partial charge in [0.15, 0.2) is 5.65 Å². The Kier molecular flexibility index (Phi) is 4.42. The van der Waals surface area contributed by atoms with Gasteiger partial charge >= 0.3 is 0 Å². The molecule has 2 heterocycles. The molecular formula is C25H27N3O4. The van der Waals surface area contributed by atoms with Crippen LogP contribution >= 0.6 is 0 Å². The molecule has 1 N–H and O–H groups in total. The Morgan fingerprint density at radius 3 is 2.59 bits per heavy atom. The van der Waals surface area contributed by atoms with Gasteiger partial charge in [0.2, 0.25) is 5.91 Å². The van der Waals surface area contributed by atoms with Crippen molar-refractivity contribution in [1.82, 2.24) is 9.56 Å². The molecule has 4 fully saturated rings. The summed E-state index contributed by atoms with van der Waals surface area (Å²) in [5, 5.41) is 3.17. The van der Waals surface area contributed by atoms with Crippen LogP contribution in [0.1, 0.15) is 50.0 Å². The molecule has 0 atom stereocenters. The van der Waals surface area contributed by atoms with Crippen LogP contribution in [0, 0.1) is 30.1 Å². The Bertz CT molecular complexity index is 1220. The molecule has 0 spiro atoms. The monoisotopic (exact) mass is 433 g/mol. The average Bonchev–Trinajstić information content (AvgIpc) is 3.12. The van der Waals surface area contributed by atoms with Gasteiger partial charge in [-0.15, -0.1) is 4.57 Å². The minimum atomic E-state index is -0.279. The van der Waals surface area contributed by atoms with Crippen molar-refractivity contribution in [3.8, 4) is 5.75 Å². The van der Waals surface area contributed by atoms with E-state index in [-0.39, 0.29) is 23.5 Å². The molecule has 1 amide bonds. The number of rotatable bonds is 5. The zero-order valence-corrected chi connectivity index (χ0v) is 18.2. The molecule has 4 saturated carbocycles. The van der Waals surface area contributed by atoms with Gasteiger partial charge in [0.05, 0.1) is 11.1 Å². The van der Waals surface area contributed by atoms with Gasteiger partial charge in [0.1, 0.15) is 18.1 Å². The fourth-order valence-corrected chi connectivity index (χ4v) is 6.62. The third-order valence-corrected chi connectivity index (χ3v) is 7.52. The van der Waals surface area contributed by atoms with E-state index in [4.69, 9.17) is 9.26 Å². The van der Waals surface area contributed by atoms with E-state index in [2.05, 4.69) is 10.3 Å². The summed E-state index contributed by atoms with van der Waals surface area (Å²) in [6.07, 6.45) is 7.07. The largest absolute Gasteiger partial charge is 0.487 e. The molecule has 0 aliphatic heterocycles. The highest BCUT2D eigenvalue weighted by Crippen LogP contribution is 2.60. The molecule has 32 heavy (non-hydrogen) atoms. The van der Waals surface area contributed by atoms with Crippen LogP contribution in [0.4, 0.5) is 5.69 Å². The fourth-order valence-electron chi connectivity index (χ4n) is 6.62. The van der Waals surface area contributed by atoms with Crippen molar-refractivity contribution in [3.05, 3.63) is 58.2 Å². The zero-order valence-electron chi connectivity index (χ0n) is 18.2. The molecule has 0 radical (unpaired) electrons. The Hall–Kier alpha value is -3.09. The quantitative estimate of drug-likeness (QED) is 0.647. The third-order valence-electron chi connectivity index (χ3n) is 7.52. The van der Waals surface area contributed by atoms with Crippen molar-refractivity contribution in [1.29, 1.82) is 0 Å². The molecule has 4 bridgehead atoms. The molecule has 7 heteroatoms. The molecule has 4 aliphatic rings. The maximum absolute atomic E-state index is 13.3. The maximum Gasteiger partial charge on any atom is 0.287 e. The second kappa shape index (κ2) is 7.22. The van der Waals surface area contributed by atoms with Gasteiger partial charge < -0.3 is 14.6 Å². The summed E-state index contributed by atoms with van der Waals surface area (Å²) in [6.45, 7) is 1.93. The van der Waals surface area contributed by atoms with Crippen molar-refractivity contribution in [3.63, 3.8) is 0 Å². The molecule has 166 valence electrons. The highest BCUT2D eigenvalue weighted by molar-refractivity contribution is 5.95. The van der Waals surface area contributed by atoms with Crippen LogP contribution in [0.25, 0.3) is 5.65 Å². The molecule has 7 nitrogen and oxygen atoms in total. The number of benzene rings is 1. The SMILES string of the molecule is Cc1cc2nc(COc3cccc(NC(=O)C45CC6CC(CC(C6)C4)C5)c3)cc(=O)n2o1. The summed E-state index contributed by atoms with van der Waals surface area (Å²) in [5.41, 5.74) is 1.27. The lowest BCUT2D eigenvalue weighted by Gasteiger charge is -2.55. The van der Waals surface area contributed by atoms with E-state index >= 15 is 0 Å². The number of carbonyl (C=O) groups excluding carboxylic acids is 1. The summed E-state index contributed by atoms with van der Waals surface area (Å²) in [6, 6.07) is 10.6. The predicted octanol–water partition coefficient (Wildman–Crippen LogP) is 4.33. The van der Waals surface area contributed by atoms with Gasteiger partial charge in [-0.25, -0.2) is 4.98 Å². The van der Waals surface area contributed by atoms with E-state index in [1.807, 2.05) is 24.3 Å². The summed E-state index contributed by atoms with van der Waals surface area (Å²) in [4.78, 5) is 29.9. The van der Waals surface area contributed by atoms with Crippen molar-refractivity contribution in [2.45, 2.75) is 52.1 Å². The normalized spacial score (nSPS) is 28.2. The minimum Gasteiger partial charge on any atom is -0.487 e. The molecule has 1 aromatic carbocycles. The molecule has 0 saturated heterocycles. The average molecular weight is 434 g/mol. The zero-order chi connectivity index (χ0) is 21.9. The van der Waals surface area contributed by atoms with Crippen LogP contribution in [0.5, 0.6) is 5.75 Å². The van der Waals surface area contributed by atoms with Crippen molar-refractivity contribution in [2.24, 2.45) is 23.2 Å². The number of hydrogen-bond acceptors (Lipinski definition) is 5. The van der Waals surface area contributed by atoms with Gasteiger partial charge in [0, 0.05) is 23.9 Å². The van der Waals surface area contributed by atoms with E-state index in [1.54, 1.807) is 13.0 Å². The van der Waals surface area contributed by atoms with Gasteiger partial charge in [-0.05, 0) is 75.3 Å². The summed E-state index contributed by atoms with van der Waals surface area (Å²) >= 11 is 0. The number of amides is 1. The van der Waals surface area contributed by atoms with Gasteiger partial charge in [-0.3, -0.25) is 9.59 Å². The molecule has 0 unspecified atom stereocenters. The van der Waals surface area contributed by atoms with Crippen molar-refractivity contribution in [2.75, 3.05) is 5.32 Å². The van der Waals surface area contributed by atoms with E-state index in [0.29, 0.717) is 22.9 Å². The number of aromatic nitrogens is 2. The van der Waals surface area contributed by atoms with E-state index in [9.17, 15) is 9.59 Å². The number of nitrogens with one attached hydrogen (secondary N) is 1. The fraction of sp³-hybridized carbons (Fsp3) is 0.480. The van der Waals surface area contributed by atoms with Gasteiger partial charge in [0.25, 0.3) is 5.56 Å². The lowest BCUT2D eigenvalue weighted by atomic mass is 9.49. The molecule has 3 aromatic rings. The highest BCUT2D eigenvalue weighted by atomic mass is 16.5. The van der Waals surface area contributed by atoms with Crippen LogP contribution in [0.3, 0.4) is 0 Å². The topological polar surface area (TPSA) is 85.8 Å². The number of aryl methyl sites for hydroxylation is 1. The van der Waals surface area contributed by atoms with Gasteiger partial charge in [-0.1, -0.05) is 6.07 Å². The van der Waals surface area contributed by atoms with Crippen molar-refractivity contribution < 1.29 is 14.1 Å². The molecular weight excluding hydrogens is 406 g/mol. The first kappa shape index (κ1) is 19.6. The van der Waals surface area contributed by atoms with E-state index in [0.717, 1.165) is 42.7 Å². The Morgan fingerprint density at radius 1 is 1.16 bits per heavy atom. The highest BCUT2D eigenvalue weighted by Gasteiger charge is 2.54. The van der Waals surface area contributed by atoms with Gasteiger partial charge in [-0.2, -0.15) is 0 Å². The number of hydrogen-bond donors (Lipinski definition) is 1. The lowest BCUT2D eigenvalue weighted by molar-refractivity contribution is -0.140. The Balaban J connectivity index is 1.15. The number of anilines is 1. The minimum absolute atomic E-state index is 0.155. The number of carbonyl (C=O) groups is 1. The first-order chi connectivity index (χ1) is 15.5. The second-order valence-corrected chi connectivity index (χ2v) is 10.1. The molecule has 4 aliphatic carbocycles. The maximum atomic E-state index is 13.3. The van der Waals surface area contributed by atoms with Crippen LogP contribution in [-0.2, 0) is 11.4 Å².